The Balaban J connectivity index is 1.34. The maximum Gasteiger partial charge on any atom is 0.253 e. The molecule has 0 fully saturated rings. The highest BCUT2D eigenvalue weighted by atomic mass is 35.5. The molecule has 1 aromatic carbocycles. The molecule has 0 aliphatic carbocycles. The van der Waals surface area contributed by atoms with E-state index in [0.717, 1.165) is 39.3 Å². The lowest BCUT2D eigenvalue weighted by molar-refractivity contribution is -0.123. The van der Waals surface area contributed by atoms with Crippen molar-refractivity contribution in [3.05, 3.63) is 106 Å². The molecule has 1 aliphatic heterocycles. The summed E-state index contributed by atoms with van der Waals surface area (Å²) in [6.07, 6.45) is 6.76. The highest BCUT2D eigenvalue weighted by Gasteiger charge is 2.37. The lowest BCUT2D eigenvalue weighted by Gasteiger charge is -2.22. The summed E-state index contributed by atoms with van der Waals surface area (Å²) < 4.78 is 27.9. The molecule has 5 rings (SSSR count). The van der Waals surface area contributed by atoms with E-state index in [4.69, 9.17) is 16.6 Å². The highest BCUT2D eigenvalue weighted by molar-refractivity contribution is 7.91. The molecule has 4 aromatic rings. The van der Waals surface area contributed by atoms with Crippen LogP contribution in [0.1, 0.15) is 16.7 Å². The van der Waals surface area contributed by atoms with Crippen LogP contribution >= 0.6 is 22.9 Å². The number of pyridine rings is 2. The average molecular weight is 580 g/mol. The number of thiophene rings is 1. The van der Waals surface area contributed by atoms with Crippen molar-refractivity contribution in [2.75, 3.05) is 11.9 Å². The Labute approximate surface area is 236 Å². The first-order valence-electron chi connectivity index (χ1n) is 12.2. The first kappa shape index (κ1) is 27.0. The number of nitrogens with one attached hydrogen (secondary N) is 2. The number of hydrogen-bond donors (Lipinski definition) is 2. The number of sulfonamides is 1. The van der Waals surface area contributed by atoms with Crippen molar-refractivity contribution in [3.8, 4) is 11.3 Å². The van der Waals surface area contributed by atoms with Crippen molar-refractivity contribution in [2.45, 2.75) is 30.3 Å². The fraction of sp³-hybridized carbons (Fsp3) is 0.179. The topological polar surface area (TPSA) is 104 Å². The summed E-state index contributed by atoms with van der Waals surface area (Å²) in [6.45, 7) is 2.91. The molecule has 0 bridgehead atoms. The first-order chi connectivity index (χ1) is 18.8. The van der Waals surface area contributed by atoms with Gasteiger partial charge in [0.1, 0.15) is 16.1 Å². The number of benzene rings is 1. The van der Waals surface area contributed by atoms with Crippen LogP contribution in [0.5, 0.6) is 0 Å². The van der Waals surface area contributed by atoms with Gasteiger partial charge in [-0.25, -0.2) is 13.4 Å². The number of hydrogen-bond acceptors (Lipinski definition) is 7. The van der Waals surface area contributed by atoms with Crippen LogP contribution in [-0.4, -0.2) is 41.2 Å². The van der Waals surface area contributed by atoms with Crippen LogP contribution in [0.3, 0.4) is 0 Å². The number of amides is 1. The Hall–Kier alpha value is -3.57. The van der Waals surface area contributed by atoms with Crippen molar-refractivity contribution in [2.24, 2.45) is 0 Å². The van der Waals surface area contributed by atoms with Gasteiger partial charge in [-0.05, 0) is 54.4 Å². The zero-order valence-electron chi connectivity index (χ0n) is 21.0. The van der Waals surface area contributed by atoms with E-state index in [1.54, 1.807) is 24.5 Å². The van der Waals surface area contributed by atoms with Gasteiger partial charge in [0, 0.05) is 37.6 Å². The van der Waals surface area contributed by atoms with E-state index in [1.165, 1.54) is 16.4 Å². The number of rotatable bonds is 9. The number of carbonyl (C=O) groups is 1. The van der Waals surface area contributed by atoms with Crippen LogP contribution in [0, 0.1) is 6.92 Å². The number of anilines is 1. The standard InChI is InChI=1S/C28H26ClN5O3S2/c1-19-4-6-22(7-5-19)23-15-21(16-26(33-23)31-17-20-10-12-30-13-11-20)18-32-28(35)24-3-2-14-34(24)39(36,37)27-9-8-25(29)38-27/h2-13,15-16,24H,14,17-18H2,1H3,(H,31,33)(H,32,35)/t24-/m0/s1. The minimum atomic E-state index is -3.86. The van der Waals surface area contributed by atoms with Gasteiger partial charge in [-0.15, -0.1) is 11.3 Å². The molecule has 1 atom stereocenters. The lowest BCUT2D eigenvalue weighted by Crippen LogP contribution is -2.45. The minimum Gasteiger partial charge on any atom is -0.366 e. The predicted octanol–water partition coefficient (Wildman–Crippen LogP) is 5.02. The van der Waals surface area contributed by atoms with Gasteiger partial charge >= 0.3 is 0 Å². The van der Waals surface area contributed by atoms with Gasteiger partial charge in [0.25, 0.3) is 10.0 Å². The molecule has 0 spiro atoms. The first-order valence-corrected chi connectivity index (χ1v) is 14.9. The number of aryl methyl sites for hydroxylation is 1. The van der Waals surface area contributed by atoms with E-state index < -0.39 is 22.0 Å². The third kappa shape index (κ3) is 6.36. The lowest BCUT2D eigenvalue weighted by atomic mass is 10.1. The zero-order valence-corrected chi connectivity index (χ0v) is 23.4. The monoisotopic (exact) mass is 579 g/mol. The molecule has 11 heteroatoms. The Bertz CT molecular complexity index is 1610. The summed E-state index contributed by atoms with van der Waals surface area (Å²) in [5.41, 5.74) is 4.74. The fourth-order valence-electron chi connectivity index (χ4n) is 4.16. The average Bonchev–Trinajstić information content (AvgIpc) is 3.62. The molecule has 1 aliphatic rings. The molecule has 200 valence electrons. The molecule has 0 saturated heterocycles. The van der Waals surface area contributed by atoms with E-state index in [0.29, 0.717) is 16.7 Å². The highest BCUT2D eigenvalue weighted by Crippen LogP contribution is 2.30. The van der Waals surface area contributed by atoms with Gasteiger partial charge in [0.15, 0.2) is 0 Å². The molecule has 39 heavy (non-hydrogen) atoms. The third-order valence-electron chi connectivity index (χ3n) is 6.22. The number of aromatic nitrogens is 2. The summed E-state index contributed by atoms with van der Waals surface area (Å²) in [5.74, 6) is 0.253. The summed E-state index contributed by atoms with van der Waals surface area (Å²) in [6, 6.07) is 17.8. The van der Waals surface area contributed by atoms with E-state index in [2.05, 4.69) is 15.6 Å². The molecule has 2 N–H and O–H groups in total. The van der Waals surface area contributed by atoms with Gasteiger partial charge in [-0.3, -0.25) is 9.78 Å². The van der Waals surface area contributed by atoms with E-state index in [-0.39, 0.29) is 17.3 Å². The van der Waals surface area contributed by atoms with Gasteiger partial charge < -0.3 is 10.6 Å². The Morgan fingerprint density at radius 2 is 1.82 bits per heavy atom. The molecular weight excluding hydrogens is 554 g/mol. The van der Waals surface area contributed by atoms with Crippen molar-refractivity contribution < 1.29 is 13.2 Å². The van der Waals surface area contributed by atoms with E-state index >= 15 is 0 Å². The van der Waals surface area contributed by atoms with Crippen molar-refractivity contribution in [3.63, 3.8) is 0 Å². The summed E-state index contributed by atoms with van der Waals surface area (Å²) >= 11 is 6.92. The molecule has 8 nitrogen and oxygen atoms in total. The fourth-order valence-corrected chi connectivity index (χ4v) is 7.27. The molecule has 4 heterocycles. The van der Waals surface area contributed by atoms with Crippen molar-refractivity contribution >= 4 is 44.7 Å². The maximum absolute atomic E-state index is 13.2. The number of carbonyl (C=O) groups excluding carboxylic acids is 1. The molecule has 0 saturated carbocycles. The van der Waals surface area contributed by atoms with Crippen molar-refractivity contribution in [1.82, 2.24) is 19.6 Å². The Morgan fingerprint density at radius 3 is 2.54 bits per heavy atom. The van der Waals surface area contributed by atoms with Crippen LogP contribution in [0.15, 0.2) is 89.4 Å². The second-order valence-electron chi connectivity index (χ2n) is 9.04. The maximum atomic E-state index is 13.2. The summed E-state index contributed by atoms with van der Waals surface area (Å²) in [5, 5.41) is 6.26. The molecule has 0 unspecified atom stereocenters. The van der Waals surface area contributed by atoms with Gasteiger partial charge in [-0.2, -0.15) is 4.31 Å². The minimum absolute atomic E-state index is 0.107. The molecule has 1 amide bonds. The summed E-state index contributed by atoms with van der Waals surface area (Å²) in [4.78, 5) is 22.0. The van der Waals surface area contributed by atoms with E-state index in [1.807, 2.05) is 55.5 Å². The van der Waals surface area contributed by atoms with Gasteiger partial charge in [-0.1, -0.05) is 53.6 Å². The SMILES string of the molecule is Cc1ccc(-c2cc(CNC(=O)[C@@H]3C=CCN3S(=O)(=O)c3ccc(Cl)s3)cc(NCc3ccncc3)n2)cc1. The molecular formula is C28H26ClN5O3S2. The Kier molecular flexibility index (Phi) is 8.08. The zero-order chi connectivity index (χ0) is 27.4. The smallest absolute Gasteiger partial charge is 0.253 e. The van der Waals surface area contributed by atoms with Crippen LogP contribution in [-0.2, 0) is 27.9 Å². The third-order valence-corrected chi connectivity index (χ3v) is 9.76. The predicted molar refractivity (Wildman–Crippen MR) is 154 cm³/mol. The number of nitrogens with zero attached hydrogens (tertiary/aromatic N) is 3. The molecule has 0 radical (unpaired) electrons. The normalized spacial score (nSPS) is 15.4. The van der Waals surface area contributed by atoms with Crippen LogP contribution < -0.4 is 10.6 Å². The van der Waals surface area contributed by atoms with Crippen molar-refractivity contribution in [1.29, 1.82) is 0 Å². The van der Waals surface area contributed by atoms with Gasteiger partial charge in [0.2, 0.25) is 5.91 Å². The largest absolute Gasteiger partial charge is 0.366 e. The quantitative estimate of drug-likeness (QED) is 0.270. The van der Waals surface area contributed by atoms with E-state index in [9.17, 15) is 13.2 Å². The van der Waals surface area contributed by atoms with Crippen LogP contribution in [0.25, 0.3) is 11.3 Å². The Morgan fingerprint density at radius 1 is 1.05 bits per heavy atom. The van der Waals surface area contributed by atoms with Crippen LogP contribution in [0.4, 0.5) is 5.82 Å². The van der Waals surface area contributed by atoms with Gasteiger partial charge in [0.05, 0.1) is 10.0 Å². The second kappa shape index (κ2) is 11.7. The second-order valence-corrected chi connectivity index (χ2v) is 12.9. The summed E-state index contributed by atoms with van der Waals surface area (Å²) in [7, 11) is -3.86. The number of halogens is 1. The molecule has 3 aromatic heterocycles. The van der Waals surface area contributed by atoms with Crippen LogP contribution in [0.2, 0.25) is 4.34 Å².